The molecule has 0 fully saturated rings. The van der Waals surface area contributed by atoms with Gasteiger partial charge in [0, 0.05) is 0 Å². The van der Waals surface area contributed by atoms with Crippen LogP contribution in [-0.2, 0) is 0 Å². The number of fused-ring (bicyclic) bond motifs is 3. The van der Waals surface area contributed by atoms with E-state index in [-0.39, 0.29) is 28.5 Å². The minimum absolute atomic E-state index is 0.000992. The molecule has 2 aromatic heterocycles. The minimum Gasteiger partial charge on any atom is -0.492 e. The molecule has 0 saturated carbocycles. The number of hydrogen-bond acceptors (Lipinski definition) is 7. The number of carbonyl (C=O) groups is 1. The van der Waals surface area contributed by atoms with E-state index in [9.17, 15) is 15.0 Å². The maximum Gasteiger partial charge on any atom is 0.337 e. The maximum absolute atomic E-state index is 11.4. The van der Waals surface area contributed by atoms with Crippen LogP contribution in [0.2, 0.25) is 0 Å². The van der Waals surface area contributed by atoms with Crippen LogP contribution < -0.4 is 5.73 Å². The third-order valence-corrected chi connectivity index (χ3v) is 4.08. The van der Waals surface area contributed by atoms with Crippen molar-refractivity contribution in [2.45, 2.75) is 6.92 Å². The molecule has 0 radical (unpaired) electrons. The summed E-state index contributed by atoms with van der Waals surface area (Å²) in [4.78, 5) is 19.7. The minimum atomic E-state index is -1.13. The number of azo groups is 1. The van der Waals surface area contributed by atoms with E-state index in [0.717, 1.165) is 5.56 Å². The summed E-state index contributed by atoms with van der Waals surface area (Å²) in [6.07, 6.45) is 0. The molecule has 0 aliphatic rings. The lowest BCUT2D eigenvalue weighted by molar-refractivity contribution is 0.0697. The zero-order chi connectivity index (χ0) is 19.1. The second-order valence-corrected chi connectivity index (χ2v) is 5.93. The quantitative estimate of drug-likeness (QED) is 0.476. The Balaban J connectivity index is 1.89. The smallest absolute Gasteiger partial charge is 0.337 e. The first-order valence-electron chi connectivity index (χ1n) is 7.97. The van der Waals surface area contributed by atoms with Crippen LogP contribution in [0.1, 0.15) is 15.9 Å². The normalized spacial score (nSPS) is 11.6. The topological polar surface area (TPSA) is 138 Å². The fourth-order valence-electron chi connectivity index (χ4n) is 2.80. The molecule has 4 rings (SSSR count). The zero-order valence-corrected chi connectivity index (χ0v) is 14.2. The van der Waals surface area contributed by atoms with Crippen LogP contribution in [0.4, 0.5) is 17.2 Å². The molecule has 0 amide bonds. The van der Waals surface area contributed by atoms with Gasteiger partial charge in [0.1, 0.15) is 11.5 Å². The average molecular weight is 362 g/mol. The summed E-state index contributed by atoms with van der Waals surface area (Å²) in [6.45, 7) is 1.78. The van der Waals surface area contributed by atoms with E-state index < -0.39 is 11.8 Å². The number of nitrogen functional groups attached to an aromatic ring is 1. The van der Waals surface area contributed by atoms with Crippen molar-refractivity contribution in [3.63, 3.8) is 0 Å². The molecule has 4 aromatic rings. The van der Waals surface area contributed by atoms with Crippen molar-refractivity contribution in [2.75, 3.05) is 5.73 Å². The molecule has 0 aliphatic carbocycles. The predicted molar refractivity (Wildman–Crippen MR) is 98.9 cm³/mol. The Kier molecular flexibility index (Phi) is 3.69. The standard InChI is InChI=1S/C18H14N6O3/c1-9-6-7-11(10(8-9)17(26)27)22-23-14-15(19)24-13-5-3-2-4-12(13)20-18(24)21-16(14)25/h2-8H,19H2,1H3,(H,26,27)(H,20,21,25)/b23-22+. The van der Waals surface area contributed by atoms with E-state index in [2.05, 4.69) is 20.2 Å². The highest BCUT2D eigenvalue weighted by molar-refractivity contribution is 5.93. The molecule has 9 nitrogen and oxygen atoms in total. The van der Waals surface area contributed by atoms with Gasteiger partial charge in [-0.05, 0) is 31.2 Å². The van der Waals surface area contributed by atoms with Gasteiger partial charge in [0.15, 0.2) is 5.69 Å². The first-order valence-corrected chi connectivity index (χ1v) is 7.97. The van der Waals surface area contributed by atoms with Crippen molar-refractivity contribution < 1.29 is 15.0 Å². The second kappa shape index (κ2) is 6.06. The van der Waals surface area contributed by atoms with Crippen molar-refractivity contribution in [3.05, 3.63) is 53.6 Å². The fourth-order valence-corrected chi connectivity index (χ4v) is 2.80. The molecule has 27 heavy (non-hydrogen) atoms. The number of anilines is 1. The third kappa shape index (κ3) is 2.71. The van der Waals surface area contributed by atoms with Crippen LogP contribution in [0.25, 0.3) is 16.8 Å². The molecule has 134 valence electrons. The highest BCUT2D eigenvalue weighted by Gasteiger charge is 2.17. The summed E-state index contributed by atoms with van der Waals surface area (Å²) in [5, 5.41) is 27.5. The van der Waals surface area contributed by atoms with E-state index in [0.29, 0.717) is 11.0 Å². The molecule has 0 bridgehead atoms. The lowest BCUT2D eigenvalue weighted by Crippen LogP contribution is -1.99. The van der Waals surface area contributed by atoms with Crippen LogP contribution in [-0.4, -0.2) is 30.6 Å². The third-order valence-electron chi connectivity index (χ3n) is 4.08. The Morgan fingerprint density at radius 1 is 1.15 bits per heavy atom. The van der Waals surface area contributed by atoms with Gasteiger partial charge < -0.3 is 15.9 Å². The lowest BCUT2D eigenvalue weighted by atomic mass is 10.1. The Bertz CT molecular complexity index is 1250. The monoisotopic (exact) mass is 362 g/mol. The Morgan fingerprint density at radius 3 is 2.70 bits per heavy atom. The number of aryl methyl sites for hydroxylation is 1. The van der Waals surface area contributed by atoms with Crippen LogP contribution >= 0.6 is 0 Å². The Labute approximate surface area is 152 Å². The SMILES string of the molecule is Cc1ccc(/N=N/c2c(O)nc3nc4ccccc4n3c2N)c(C(=O)O)c1. The van der Waals surface area contributed by atoms with Crippen molar-refractivity contribution >= 4 is 40.0 Å². The maximum atomic E-state index is 11.4. The molecule has 0 atom stereocenters. The van der Waals surface area contributed by atoms with E-state index in [1.807, 2.05) is 18.2 Å². The number of aromatic carboxylic acids is 1. The van der Waals surface area contributed by atoms with Crippen molar-refractivity contribution in [1.29, 1.82) is 0 Å². The molecule has 0 aliphatic heterocycles. The number of benzene rings is 2. The van der Waals surface area contributed by atoms with Crippen LogP contribution in [0, 0.1) is 6.92 Å². The summed E-state index contributed by atoms with van der Waals surface area (Å²) in [5.41, 5.74) is 8.39. The summed E-state index contributed by atoms with van der Waals surface area (Å²) in [6, 6.07) is 12.0. The first kappa shape index (κ1) is 16.5. The van der Waals surface area contributed by atoms with Gasteiger partial charge in [0.05, 0.1) is 16.6 Å². The van der Waals surface area contributed by atoms with Crippen molar-refractivity contribution in [3.8, 4) is 5.88 Å². The number of nitrogens with two attached hydrogens (primary N) is 1. The number of carboxylic acids is 1. The van der Waals surface area contributed by atoms with Crippen molar-refractivity contribution in [1.82, 2.24) is 14.4 Å². The summed E-state index contributed by atoms with van der Waals surface area (Å²) >= 11 is 0. The van der Waals surface area contributed by atoms with Crippen molar-refractivity contribution in [2.24, 2.45) is 10.2 Å². The molecule has 0 saturated heterocycles. The van der Waals surface area contributed by atoms with Crippen LogP contribution in [0.15, 0.2) is 52.7 Å². The van der Waals surface area contributed by atoms with Gasteiger partial charge >= 0.3 is 5.97 Å². The largest absolute Gasteiger partial charge is 0.492 e. The van der Waals surface area contributed by atoms with Gasteiger partial charge in [0.25, 0.3) is 0 Å². The van der Waals surface area contributed by atoms with E-state index >= 15 is 0 Å². The average Bonchev–Trinajstić information content (AvgIpc) is 3.00. The number of aromatic nitrogens is 3. The molecule has 9 heteroatoms. The number of para-hydroxylation sites is 2. The van der Waals surface area contributed by atoms with Gasteiger partial charge in [-0.2, -0.15) is 4.98 Å². The highest BCUT2D eigenvalue weighted by Crippen LogP contribution is 2.35. The van der Waals surface area contributed by atoms with Crippen LogP contribution in [0.5, 0.6) is 5.88 Å². The number of aromatic hydroxyl groups is 1. The lowest BCUT2D eigenvalue weighted by Gasteiger charge is -2.06. The van der Waals surface area contributed by atoms with Gasteiger partial charge in [-0.1, -0.05) is 23.8 Å². The van der Waals surface area contributed by atoms with E-state index in [4.69, 9.17) is 5.73 Å². The Morgan fingerprint density at radius 2 is 1.93 bits per heavy atom. The van der Waals surface area contributed by atoms with E-state index in [1.54, 1.807) is 23.5 Å². The number of nitrogens with zero attached hydrogens (tertiary/aromatic N) is 5. The zero-order valence-electron chi connectivity index (χ0n) is 14.2. The molecular weight excluding hydrogens is 348 g/mol. The fraction of sp³-hybridized carbons (Fsp3) is 0.0556. The summed E-state index contributed by atoms with van der Waals surface area (Å²) in [5.74, 6) is -1.24. The second-order valence-electron chi connectivity index (χ2n) is 5.93. The molecule has 2 aromatic carbocycles. The Hall–Kier alpha value is -4.01. The molecular formula is C18H14N6O3. The van der Waals surface area contributed by atoms with Gasteiger partial charge in [-0.25, -0.2) is 9.78 Å². The number of rotatable bonds is 3. The molecule has 2 heterocycles. The molecule has 4 N–H and O–H groups in total. The predicted octanol–water partition coefficient (Wildman–Crippen LogP) is 3.59. The highest BCUT2D eigenvalue weighted by atomic mass is 16.4. The molecule has 0 unspecified atom stereocenters. The first-order chi connectivity index (χ1) is 13.0. The number of hydrogen-bond donors (Lipinski definition) is 3. The number of carboxylic acid groups (broad SMARTS) is 1. The van der Waals surface area contributed by atoms with Crippen LogP contribution in [0.3, 0.4) is 0 Å². The summed E-state index contributed by atoms with van der Waals surface area (Å²) in [7, 11) is 0. The van der Waals surface area contributed by atoms with E-state index in [1.165, 1.54) is 12.1 Å². The van der Waals surface area contributed by atoms with Gasteiger partial charge in [-0.15, -0.1) is 10.2 Å². The number of imidazole rings is 1. The summed E-state index contributed by atoms with van der Waals surface area (Å²) < 4.78 is 1.55. The molecule has 0 spiro atoms. The van der Waals surface area contributed by atoms with Gasteiger partial charge in [0.2, 0.25) is 11.7 Å². The van der Waals surface area contributed by atoms with Gasteiger partial charge in [-0.3, -0.25) is 4.40 Å².